The first kappa shape index (κ1) is 12.5. The van der Waals surface area contributed by atoms with Gasteiger partial charge in [0.25, 0.3) is 11.7 Å². The SMILES string of the molecule is C=C(CN1C(=O)C(=O)c2cc(Br)ccc21)C(=O)O. The van der Waals surface area contributed by atoms with Crippen LogP contribution in [-0.4, -0.2) is 29.3 Å². The van der Waals surface area contributed by atoms with Crippen molar-refractivity contribution < 1.29 is 19.5 Å². The molecule has 0 bridgehead atoms. The molecule has 0 atom stereocenters. The molecule has 2 rings (SSSR count). The molecule has 0 spiro atoms. The van der Waals surface area contributed by atoms with Crippen molar-refractivity contribution in [1.29, 1.82) is 0 Å². The Hall–Kier alpha value is -1.95. The molecule has 0 aliphatic carbocycles. The van der Waals surface area contributed by atoms with Crippen LogP contribution in [0.3, 0.4) is 0 Å². The highest BCUT2D eigenvalue weighted by Gasteiger charge is 2.36. The number of rotatable bonds is 3. The summed E-state index contributed by atoms with van der Waals surface area (Å²) in [6, 6.07) is 4.82. The predicted octanol–water partition coefficient (Wildman–Crippen LogP) is 1.62. The lowest BCUT2D eigenvalue weighted by Crippen LogP contribution is -2.32. The van der Waals surface area contributed by atoms with Crippen LogP contribution in [0.5, 0.6) is 0 Å². The van der Waals surface area contributed by atoms with E-state index >= 15 is 0 Å². The first-order valence-electron chi connectivity index (χ1n) is 4.98. The average molecular weight is 310 g/mol. The molecule has 0 saturated heterocycles. The largest absolute Gasteiger partial charge is 0.478 e. The molecule has 0 radical (unpaired) electrons. The Balaban J connectivity index is 2.40. The number of benzene rings is 1. The zero-order valence-electron chi connectivity index (χ0n) is 9.14. The summed E-state index contributed by atoms with van der Waals surface area (Å²) in [5.74, 6) is -2.56. The highest BCUT2D eigenvalue weighted by Crippen LogP contribution is 2.31. The number of hydrogen-bond donors (Lipinski definition) is 1. The molecule has 1 amide bonds. The van der Waals surface area contributed by atoms with Crippen LogP contribution >= 0.6 is 15.9 Å². The summed E-state index contributed by atoms with van der Waals surface area (Å²) in [6.07, 6.45) is 0. The third kappa shape index (κ3) is 1.95. The second-order valence-corrected chi connectivity index (χ2v) is 4.71. The van der Waals surface area contributed by atoms with E-state index in [4.69, 9.17) is 5.11 Å². The third-order valence-corrected chi connectivity index (χ3v) is 3.08. The van der Waals surface area contributed by atoms with Gasteiger partial charge in [0.2, 0.25) is 0 Å². The topological polar surface area (TPSA) is 74.7 Å². The lowest BCUT2D eigenvalue weighted by atomic mass is 10.1. The molecule has 0 fully saturated rings. The Labute approximate surface area is 111 Å². The van der Waals surface area contributed by atoms with Crippen LogP contribution in [0.2, 0.25) is 0 Å². The van der Waals surface area contributed by atoms with E-state index in [1.165, 1.54) is 0 Å². The molecular weight excluding hydrogens is 302 g/mol. The number of carbonyl (C=O) groups is 3. The number of halogens is 1. The summed E-state index contributed by atoms with van der Waals surface area (Å²) in [4.78, 5) is 35.3. The maximum absolute atomic E-state index is 11.8. The minimum atomic E-state index is -1.19. The van der Waals surface area contributed by atoms with Gasteiger partial charge in [-0.15, -0.1) is 0 Å². The Morgan fingerprint density at radius 3 is 2.67 bits per heavy atom. The Morgan fingerprint density at radius 2 is 2.06 bits per heavy atom. The van der Waals surface area contributed by atoms with Crippen molar-refractivity contribution in [3.8, 4) is 0 Å². The molecule has 1 N–H and O–H groups in total. The number of ketones is 1. The zero-order chi connectivity index (χ0) is 13.4. The number of anilines is 1. The lowest BCUT2D eigenvalue weighted by molar-refractivity contribution is -0.132. The minimum Gasteiger partial charge on any atom is -0.478 e. The average Bonchev–Trinajstić information content (AvgIpc) is 2.54. The van der Waals surface area contributed by atoms with Crippen LogP contribution in [0.25, 0.3) is 0 Å². The standard InChI is InChI=1S/C12H8BrNO4/c1-6(12(17)18)5-14-9-3-2-7(13)4-8(9)10(15)11(14)16/h2-4H,1,5H2,(H,17,18). The summed E-state index contributed by atoms with van der Waals surface area (Å²) in [7, 11) is 0. The van der Waals surface area contributed by atoms with E-state index in [2.05, 4.69) is 22.5 Å². The van der Waals surface area contributed by atoms with Crippen LogP contribution in [0.15, 0.2) is 34.8 Å². The quantitative estimate of drug-likeness (QED) is 0.680. The van der Waals surface area contributed by atoms with Gasteiger partial charge < -0.3 is 10.0 Å². The second-order valence-electron chi connectivity index (χ2n) is 3.79. The summed E-state index contributed by atoms with van der Waals surface area (Å²) in [5, 5.41) is 8.76. The Kier molecular flexibility index (Phi) is 3.04. The molecule has 1 aromatic rings. The number of aliphatic carboxylic acids is 1. The molecule has 1 aliphatic rings. The van der Waals surface area contributed by atoms with Gasteiger partial charge in [0.15, 0.2) is 0 Å². The lowest BCUT2D eigenvalue weighted by Gasteiger charge is -2.16. The number of carboxylic acids is 1. The van der Waals surface area contributed by atoms with Crippen molar-refractivity contribution in [2.24, 2.45) is 0 Å². The molecule has 0 saturated carbocycles. The number of fused-ring (bicyclic) bond motifs is 1. The highest BCUT2D eigenvalue weighted by atomic mass is 79.9. The van der Waals surface area contributed by atoms with Gasteiger partial charge >= 0.3 is 5.97 Å². The molecule has 1 heterocycles. The zero-order valence-corrected chi connectivity index (χ0v) is 10.7. The normalized spacial score (nSPS) is 13.7. The van der Waals surface area contributed by atoms with Crippen molar-refractivity contribution in [2.45, 2.75) is 0 Å². The summed E-state index contributed by atoms with van der Waals surface area (Å²) >= 11 is 3.21. The van der Waals surface area contributed by atoms with Crippen LogP contribution in [0.4, 0.5) is 5.69 Å². The van der Waals surface area contributed by atoms with Gasteiger partial charge in [-0.1, -0.05) is 22.5 Å². The molecule has 5 nitrogen and oxygen atoms in total. The van der Waals surface area contributed by atoms with E-state index in [1.807, 2.05) is 0 Å². The van der Waals surface area contributed by atoms with E-state index in [0.29, 0.717) is 10.2 Å². The van der Waals surface area contributed by atoms with Crippen LogP contribution in [0.1, 0.15) is 10.4 Å². The van der Waals surface area contributed by atoms with Crippen molar-refractivity contribution in [3.05, 3.63) is 40.4 Å². The maximum Gasteiger partial charge on any atom is 0.332 e. The van der Waals surface area contributed by atoms with Crippen LogP contribution in [0, 0.1) is 0 Å². The van der Waals surface area contributed by atoms with Crippen molar-refractivity contribution >= 4 is 39.3 Å². The number of amides is 1. The van der Waals surface area contributed by atoms with Gasteiger partial charge in [0.1, 0.15) is 0 Å². The van der Waals surface area contributed by atoms with E-state index < -0.39 is 17.7 Å². The number of Topliss-reactive ketones (excluding diaryl/α,β-unsaturated/α-hetero) is 1. The Morgan fingerprint density at radius 1 is 1.39 bits per heavy atom. The summed E-state index contributed by atoms with van der Waals surface area (Å²) < 4.78 is 0.682. The van der Waals surface area contributed by atoms with Gasteiger partial charge in [-0.3, -0.25) is 9.59 Å². The molecule has 18 heavy (non-hydrogen) atoms. The third-order valence-electron chi connectivity index (χ3n) is 2.58. The number of nitrogens with zero attached hydrogens (tertiary/aromatic N) is 1. The van der Waals surface area contributed by atoms with Crippen molar-refractivity contribution in [2.75, 3.05) is 11.4 Å². The molecule has 92 valence electrons. The molecule has 1 aliphatic heterocycles. The second kappa shape index (κ2) is 4.38. The van der Waals surface area contributed by atoms with Gasteiger partial charge in [-0.2, -0.15) is 0 Å². The fraction of sp³-hybridized carbons (Fsp3) is 0.0833. The monoisotopic (exact) mass is 309 g/mol. The van der Waals surface area contributed by atoms with Crippen molar-refractivity contribution in [3.63, 3.8) is 0 Å². The summed E-state index contributed by atoms with van der Waals surface area (Å²) in [5.41, 5.74) is 0.537. The van der Waals surface area contributed by atoms with E-state index in [0.717, 1.165) is 4.90 Å². The first-order valence-corrected chi connectivity index (χ1v) is 5.78. The Bertz CT molecular complexity index is 594. The smallest absolute Gasteiger partial charge is 0.332 e. The first-order chi connectivity index (χ1) is 8.41. The molecular formula is C12H8BrNO4. The highest BCUT2D eigenvalue weighted by molar-refractivity contribution is 9.10. The van der Waals surface area contributed by atoms with Crippen molar-refractivity contribution in [1.82, 2.24) is 0 Å². The van der Waals surface area contributed by atoms with Gasteiger partial charge in [0.05, 0.1) is 17.8 Å². The fourth-order valence-corrected chi connectivity index (χ4v) is 2.05. The van der Waals surface area contributed by atoms with Gasteiger partial charge in [-0.25, -0.2) is 4.79 Å². The van der Waals surface area contributed by atoms with Crippen LogP contribution < -0.4 is 4.90 Å². The molecule has 0 aromatic heterocycles. The number of hydrogen-bond acceptors (Lipinski definition) is 3. The van der Waals surface area contributed by atoms with Gasteiger partial charge in [0, 0.05) is 10.0 Å². The predicted molar refractivity (Wildman–Crippen MR) is 67.6 cm³/mol. The van der Waals surface area contributed by atoms with Crippen LogP contribution in [-0.2, 0) is 9.59 Å². The van der Waals surface area contributed by atoms with Gasteiger partial charge in [-0.05, 0) is 18.2 Å². The fourth-order valence-electron chi connectivity index (χ4n) is 1.69. The molecule has 6 heteroatoms. The van der Waals surface area contributed by atoms with E-state index in [-0.39, 0.29) is 17.7 Å². The van der Waals surface area contributed by atoms with E-state index in [9.17, 15) is 14.4 Å². The summed E-state index contributed by atoms with van der Waals surface area (Å²) in [6.45, 7) is 3.15. The van der Waals surface area contributed by atoms with E-state index in [1.54, 1.807) is 18.2 Å². The molecule has 0 unspecified atom stereocenters. The number of carboxylic acid groups (broad SMARTS) is 1. The molecule has 1 aromatic carbocycles. The number of carbonyl (C=O) groups excluding carboxylic acids is 2. The maximum atomic E-state index is 11.8. The minimum absolute atomic E-state index is 0.146.